The molecule has 0 spiro atoms. The Balaban J connectivity index is 2.14. The maximum atomic E-state index is 12.5. The maximum absolute atomic E-state index is 12.5. The average molecular weight is 305 g/mol. The number of anilines is 2. The Morgan fingerprint density at radius 1 is 1.43 bits per heavy atom. The SMILES string of the molecule is CCN(C)c1nc(N)c(C(=O)N(C)Cc2cccnc2)s1. The molecule has 2 N–H and O–H groups in total. The first kappa shape index (κ1) is 15.2. The Labute approximate surface area is 128 Å². The highest BCUT2D eigenvalue weighted by atomic mass is 32.1. The van der Waals surface area contributed by atoms with Crippen molar-refractivity contribution in [3.8, 4) is 0 Å². The van der Waals surface area contributed by atoms with E-state index in [-0.39, 0.29) is 5.91 Å². The van der Waals surface area contributed by atoms with Crippen molar-refractivity contribution in [2.24, 2.45) is 0 Å². The highest BCUT2D eigenvalue weighted by molar-refractivity contribution is 7.18. The van der Waals surface area contributed by atoms with Gasteiger partial charge in [-0.1, -0.05) is 17.4 Å². The predicted octanol–water partition coefficient (Wildman–Crippen LogP) is 1.85. The number of hydrogen-bond acceptors (Lipinski definition) is 6. The first-order valence-corrected chi connectivity index (χ1v) is 7.46. The number of amides is 1. The Bertz CT molecular complexity index is 613. The lowest BCUT2D eigenvalue weighted by Crippen LogP contribution is -2.26. The fourth-order valence-electron chi connectivity index (χ4n) is 1.78. The second-order valence-corrected chi connectivity index (χ2v) is 5.72. The fraction of sp³-hybridized carbons (Fsp3) is 0.357. The molecule has 112 valence electrons. The van der Waals surface area contributed by atoms with Crippen LogP contribution in [0.5, 0.6) is 0 Å². The summed E-state index contributed by atoms with van der Waals surface area (Å²) in [5.41, 5.74) is 6.85. The minimum atomic E-state index is -0.121. The number of nitrogens with two attached hydrogens (primary N) is 1. The molecule has 0 bridgehead atoms. The van der Waals surface area contributed by atoms with E-state index in [1.165, 1.54) is 11.3 Å². The molecular weight excluding hydrogens is 286 g/mol. The lowest BCUT2D eigenvalue weighted by molar-refractivity contribution is 0.0790. The number of thiazole rings is 1. The predicted molar refractivity (Wildman–Crippen MR) is 85.5 cm³/mol. The largest absolute Gasteiger partial charge is 0.382 e. The molecule has 2 aromatic heterocycles. The Hall–Kier alpha value is -2.15. The number of aromatic nitrogens is 2. The normalized spacial score (nSPS) is 10.4. The maximum Gasteiger partial charge on any atom is 0.267 e. The van der Waals surface area contributed by atoms with E-state index in [4.69, 9.17) is 5.73 Å². The first-order valence-electron chi connectivity index (χ1n) is 6.64. The van der Waals surface area contributed by atoms with Gasteiger partial charge in [-0.15, -0.1) is 0 Å². The molecule has 7 heteroatoms. The van der Waals surface area contributed by atoms with Crippen LogP contribution < -0.4 is 10.6 Å². The van der Waals surface area contributed by atoms with Gasteiger partial charge in [0, 0.05) is 39.6 Å². The van der Waals surface area contributed by atoms with Gasteiger partial charge >= 0.3 is 0 Å². The molecule has 0 aliphatic carbocycles. The molecule has 0 aromatic carbocycles. The minimum absolute atomic E-state index is 0.121. The summed E-state index contributed by atoms with van der Waals surface area (Å²) >= 11 is 1.32. The molecule has 0 saturated carbocycles. The Kier molecular flexibility index (Phi) is 4.74. The van der Waals surface area contributed by atoms with Gasteiger partial charge in [-0.2, -0.15) is 0 Å². The van der Waals surface area contributed by atoms with E-state index in [1.807, 2.05) is 31.0 Å². The van der Waals surface area contributed by atoms with Crippen molar-refractivity contribution in [2.45, 2.75) is 13.5 Å². The molecule has 0 unspecified atom stereocenters. The van der Waals surface area contributed by atoms with Crippen molar-refractivity contribution in [1.82, 2.24) is 14.9 Å². The van der Waals surface area contributed by atoms with Crippen LogP contribution in [0.1, 0.15) is 22.2 Å². The molecule has 0 aliphatic rings. The summed E-state index contributed by atoms with van der Waals surface area (Å²) in [6, 6.07) is 3.78. The van der Waals surface area contributed by atoms with Crippen molar-refractivity contribution in [1.29, 1.82) is 0 Å². The Morgan fingerprint density at radius 3 is 2.81 bits per heavy atom. The smallest absolute Gasteiger partial charge is 0.267 e. The molecule has 2 heterocycles. The summed E-state index contributed by atoms with van der Waals surface area (Å²) in [5, 5.41) is 0.758. The molecule has 0 radical (unpaired) electrons. The van der Waals surface area contributed by atoms with Gasteiger partial charge in [0.15, 0.2) is 5.13 Å². The average Bonchev–Trinajstić information content (AvgIpc) is 2.88. The van der Waals surface area contributed by atoms with Gasteiger partial charge in [-0.05, 0) is 18.6 Å². The lowest BCUT2D eigenvalue weighted by Gasteiger charge is -2.16. The van der Waals surface area contributed by atoms with E-state index in [9.17, 15) is 4.79 Å². The van der Waals surface area contributed by atoms with Crippen molar-refractivity contribution in [2.75, 3.05) is 31.3 Å². The zero-order valence-electron chi connectivity index (χ0n) is 12.4. The minimum Gasteiger partial charge on any atom is -0.382 e. The van der Waals surface area contributed by atoms with Crippen molar-refractivity contribution >= 4 is 28.2 Å². The molecule has 0 fully saturated rings. The molecule has 21 heavy (non-hydrogen) atoms. The number of rotatable bonds is 5. The topological polar surface area (TPSA) is 75.4 Å². The van der Waals surface area contributed by atoms with E-state index in [1.54, 1.807) is 24.3 Å². The van der Waals surface area contributed by atoms with Crippen molar-refractivity contribution in [3.63, 3.8) is 0 Å². The van der Waals surface area contributed by atoms with Gasteiger partial charge < -0.3 is 15.5 Å². The standard InChI is InChI=1S/C14H19N5OS/c1-4-18(2)14-17-12(15)11(21-14)13(20)19(3)9-10-6-5-7-16-8-10/h5-8H,4,9,15H2,1-3H3. The van der Waals surface area contributed by atoms with Crippen LogP contribution in [0.4, 0.5) is 10.9 Å². The third-order valence-corrected chi connectivity index (χ3v) is 4.30. The molecule has 0 aliphatic heterocycles. The third kappa shape index (κ3) is 3.49. The van der Waals surface area contributed by atoms with Crippen LogP contribution in [0.15, 0.2) is 24.5 Å². The summed E-state index contributed by atoms with van der Waals surface area (Å²) in [6.07, 6.45) is 3.45. The zero-order valence-corrected chi connectivity index (χ0v) is 13.2. The van der Waals surface area contributed by atoms with E-state index in [2.05, 4.69) is 9.97 Å². The van der Waals surface area contributed by atoms with Gasteiger partial charge in [0.2, 0.25) is 0 Å². The second kappa shape index (κ2) is 6.53. The Morgan fingerprint density at radius 2 is 2.19 bits per heavy atom. The van der Waals surface area contributed by atoms with E-state index in [0.29, 0.717) is 17.2 Å². The van der Waals surface area contributed by atoms with Gasteiger partial charge in [0.25, 0.3) is 5.91 Å². The molecule has 2 aromatic rings. The highest BCUT2D eigenvalue weighted by Gasteiger charge is 2.21. The number of pyridine rings is 1. The monoisotopic (exact) mass is 305 g/mol. The van der Waals surface area contributed by atoms with Crippen LogP contribution in [-0.2, 0) is 6.54 Å². The van der Waals surface area contributed by atoms with Crippen molar-refractivity contribution in [3.05, 3.63) is 35.0 Å². The molecule has 2 rings (SSSR count). The number of nitrogens with zero attached hydrogens (tertiary/aromatic N) is 4. The van der Waals surface area contributed by atoms with Gasteiger partial charge in [0.05, 0.1) is 0 Å². The molecule has 6 nitrogen and oxygen atoms in total. The summed E-state index contributed by atoms with van der Waals surface area (Å²) in [5.74, 6) is 0.169. The first-order chi connectivity index (χ1) is 10.0. The second-order valence-electron chi connectivity index (χ2n) is 4.75. The molecule has 1 amide bonds. The van der Waals surface area contributed by atoms with Crippen LogP contribution in [0.3, 0.4) is 0 Å². The highest BCUT2D eigenvalue weighted by Crippen LogP contribution is 2.28. The number of hydrogen-bond donors (Lipinski definition) is 1. The number of nitrogen functional groups attached to an aromatic ring is 1. The molecule has 0 atom stereocenters. The molecular formula is C14H19N5OS. The van der Waals surface area contributed by atoms with Crippen LogP contribution in [0.25, 0.3) is 0 Å². The van der Waals surface area contributed by atoms with E-state index in [0.717, 1.165) is 17.2 Å². The van der Waals surface area contributed by atoms with Gasteiger partial charge in [0.1, 0.15) is 10.7 Å². The summed E-state index contributed by atoms with van der Waals surface area (Å²) in [6.45, 7) is 3.32. The summed E-state index contributed by atoms with van der Waals surface area (Å²) in [4.78, 5) is 24.8. The fourth-order valence-corrected chi connectivity index (χ4v) is 2.79. The van der Waals surface area contributed by atoms with E-state index < -0.39 is 0 Å². The van der Waals surface area contributed by atoms with Crippen LogP contribution in [0, 0.1) is 0 Å². The lowest BCUT2D eigenvalue weighted by atomic mass is 10.2. The van der Waals surface area contributed by atoms with Crippen LogP contribution >= 0.6 is 11.3 Å². The summed E-state index contributed by atoms with van der Waals surface area (Å²) < 4.78 is 0. The van der Waals surface area contributed by atoms with Crippen LogP contribution in [0.2, 0.25) is 0 Å². The third-order valence-electron chi connectivity index (χ3n) is 3.13. The van der Waals surface area contributed by atoms with Gasteiger partial charge in [-0.25, -0.2) is 4.98 Å². The van der Waals surface area contributed by atoms with Crippen LogP contribution in [-0.4, -0.2) is 41.4 Å². The van der Waals surface area contributed by atoms with E-state index >= 15 is 0 Å². The number of carbonyl (C=O) groups is 1. The van der Waals surface area contributed by atoms with Gasteiger partial charge in [-0.3, -0.25) is 9.78 Å². The number of carbonyl (C=O) groups excluding carboxylic acids is 1. The molecule has 0 saturated heterocycles. The quantitative estimate of drug-likeness (QED) is 0.912. The van der Waals surface area contributed by atoms with Crippen molar-refractivity contribution < 1.29 is 4.79 Å². The zero-order chi connectivity index (χ0) is 15.4. The summed E-state index contributed by atoms with van der Waals surface area (Å²) in [7, 11) is 3.67.